The molecular formula is C13H21NO4. The van der Waals surface area contributed by atoms with Crippen LogP contribution in [0, 0.1) is 11.8 Å². The lowest BCUT2D eigenvalue weighted by molar-refractivity contribution is -0.150. The van der Waals surface area contributed by atoms with Crippen LogP contribution >= 0.6 is 0 Å². The lowest BCUT2D eigenvalue weighted by Crippen LogP contribution is -2.47. The highest BCUT2D eigenvalue weighted by atomic mass is 16.5. The zero-order valence-electron chi connectivity index (χ0n) is 11.0. The zero-order valence-corrected chi connectivity index (χ0v) is 11.0. The smallest absolute Gasteiger partial charge is 0.308 e. The highest BCUT2D eigenvalue weighted by Gasteiger charge is 2.39. The maximum Gasteiger partial charge on any atom is 0.308 e. The standard InChI is InChI=1S/C13H21NO4/c1-8-6-9(2)18-11(8)12(15)14-5-3-4-10(7-14)13(16)17/h8-11H,3-7H2,1-2H3,(H,16,17). The minimum atomic E-state index is -0.804. The average Bonchev–Trinajstić information content (AvgIpc) is 2.67. The van der Waals surface area contributed by atoms with Crippen LogP contribution in [-0.2, 0) is 14.3 Å². The van der Waals surface area contributed by atoms with E-state index >= 15 is 0 Å². The van der Waals surface area contributed by atoms with Gasteiger partial charge >= 0.3 is 5.97 Å². The van der Waals surface area contributed by atoms with Crippen molar-refractivity contribution in [3.05, 3.63) is 0 Å². The number of carbonyl (C=O) groups excluding carboxylic acids is 1. The van der Waals surface area contributed by atoms with Crippen molar-refractivity contribution < 1.29 is 19.4 Å². The Hall–Kier alpha value is -1.10. The van der Waals surface area contributed by atoms with Gasteiger partial charge in [-0.25, -0.2) is 0 Å². The van der Waals surface area contributed by atoms with Crippen molar-refractivity contribution in [1.82, 2.24) is 4.90 Å². The van der Waals surface area contributed by atoms with E-state index in [0.717, 1.165) is 12.8 Å². The van der Waals surface area contributed by atoms with Crippen LogP contribution in [0.1, 0.15) is 33.1 Å². The molecule has 0 aromatic heterocycles. The molecule has 2 heterocycles. The molecular weight excluding hydrogens is 234 g/mol. The summed E-state index contributed by atoms with van der Waals surface area (Å²) in [6.07, 6.45) is 2.06. The number of amides is 1. The number of piperidine rings is 1. The second-order valence-electron chi connectivity index (χ2n) is 5.54. The molecule has 5 nitrogen and oxygen atoms in total. The summed E-state index contributed by atoms with van der Waals surface area (Å²) in [6, 6.07) is 0. The Morgan fingerprint density at radius 1 is 1.33 bits per heavy atom. The van der Waals surface area contributed by atoms with Gasteiger partial charge in [-0.1, -0.05) is 6.92 Å². The van der Waals surface area contributed by atoms with E-state index in [-0.39, 0.29) is 24.0 Å². The van der Waals surface area contributed by atoms with Crippen LogP contribution in [0.15, 0.2) is 0 Å². The fourth-order valence-corrected chi connectivity index (χ4v) is 2.95. The maximum atomic E-state index is 12.3. The fraction of sp³-hybridized carbons (Fsp3) is 0.846. The number of hydrogen-bond donors (Lipinski definition) is 1. The van der Waals surface area contributed by atoms with E-state index in [1.54, 1.807) is 4.90 Å². The number of rotatable bonds is 2. The van der Waals surface area contributed by atoms with Crippen LogP contribution in [0.2, 0.25) is 0 Å². The summed E-state index contributed by atoms with van der Waals surface area (Å²) in [5.74, 6) is -1.03. The molecule has 0 radical (unpaired) electrons. The van der Waals surface area contributed by atoms with Crippen LogP contribution in [0.3, 0.4) is 0 Å². The molecule has 2 aliphatic rings. The molecule has 2 aliphatic heterocycles. The third-order valence-electron chi connectivity index (χ3n) is 3.93. The number of aliphatic carboxylic acids is 1. The molecule has 2 rings (SSSR count). The lowest BCUT2D eigenvalue weighted by atomic mass is 9.96. The molecule has 0 aromatic carbocycles. The Morgan fingerprint density at radius 2 is 2.06 bits per heavy atom. The van der Waals surface area contributed by atoms with Crippen molar-refractivity contribution in [2.45, 2.75) is 45.3 Å². The SMILES string of the molecule is CC1CC(C)C(C(=O)N2CCCC(C(=O)O)C2)O1. The lowest BCUT2D eigenvalue weighted by Gasteiger charge is -2.33. The van der Waals surface area contributed by atoms with Gasteiger partial charge in [0.05, 0.1) is 12.0 Å². The molecule has 1 N–H and O–H groups in total. The summed E-state index contributed by atoms with van der Waals surface area (Å²) in [6.45, 7) is 4.98. The van der Waals surface area contributed by atoms with E-state index in [9.17, 15) is 9.59 Å². The Morgan fingerprint density at radius 3 is 2.61 bits per heavy atom. The van der Waals surface area contributed by atoms with Gasteiger partial charge < -0.3 is 14.7 Å². The summed E-state index contributed by atoms with van der Waals surface area (Å²) < 4.78 is 5.65. The molecule has 18 heavy (non-hydrogen) atoms. The van der Waals surface area contributed by atoms with Gasteiger partial charge in [-0.3, -0.25) is 9.59 Å². The summed E-state index contributed by atoms with van der Waals surface area (Å²) in [5, 5.41) is 9.03. The molecule has 0 spiro atoms. The van der Waals surface area contributed by atoms with Gasteiger partial charge in [-0.05, 0) is 32.1 Å². The van der Waals surface area contributed by atoms with Gasteiger partial charge in [0.15, 0.2) is 0 Å². The Kier molecular flexibility index (Phi) is 3.90. The molecule has 0 aromatic rings. The van der Waals surface area contributed by atoms with Gasteiger partial charge in [0.25, 0.3) is 5.91 Å². The molecule has 0 saturated carbocycles. The summed E-state index contributed by atoms with van der Waals surface area (Å²) in [5.41, 5.74) is 0. The Bertz CT molecular complexity index is 344. The largest absolute Gasteiger partial charge is 0.481 e. The number of hydrogen-bond acceptors (Lipinski definition) is 3. The van der Waals surface area contributed by atoms with E-state index in [1.807, 2.05) is 13.8 Å². The molecule has 2 fully saturated rings. The summed E-state index contributed by atoms with van der Waals surface area (Å²) >= 11 is 0. The summed E-state index contributed by atoms with van der Waals surface area (Å²) in [7, 11) is 0. The van der Waals surface area contributed by atoms with E-state index < -0.39 is 11.9 Å². The maximum absolute atomic E-state index is 12.3. The van der Waals surface area contributed by atoms with E-state index in [0.29, 0.717) is 19.5 Å². The predicted octanol–water partition coefficient (Wildman–Crippen LogP) is 1.12. The first kappa shape index (κ1) is 13.3. The zero-order chi connectivity index (χ0) is 13.3. The van der Waals surface area contributed by atoms with Crippen LogP contribution in [-0.4, -0.2) is 47.2 Å². The normalized spacial score (nSPS) is 36.7. The predicted molar refractivity (Wildman–Crippen MR) is 65.1 cm³/mol. The third-order valence-corrected chi connectivity index (χ3v) is 3.93. The Labute approximate surface area is 107 Å². The van der Waals surface area contributed by atoms with Crippen LogP contribution in [0.25, 0.3) is 0 Å². The van der Waals surface area contributed by atoms with Crippen molar-refractivity contribution in [2.24, 2.45) is 11.8 Å². The van der Waals surface area contributed by atoms with Gasteiger partial charge in [0, 0.05) is 13.1 Å². The number of ether oxygens (including phenoxy) is 1. The average molecular weight is 255 g/mol. The van der Waals surface area contributed by atoms with Gasteiger partial charge in [0.1, 0.15) is 6.10 Å². The number of carboxylic acids is 1. The van der Waals surface area contributed by atoms with E-state index in [4.69, 9.17) is 9.84 Å². The molecule has 5 heteroatoms. The highest BCUT2D eigenvalue weighted by molar-refractivity contribution is 5.82. The van der Waals surface area contributed by atoms with Crippen molar-refractivity contribution in [1.29, 1.82) is 0 Å². The minimum Gasteiger partial charge on any atom is -0.481 e. The molecule has 4 atom stereocenters. The van der Waals surface area contributed by atoms with Gasteiger partial charge in [-0.15, -0.1) is 0 Å². The van der Waals surface area contributed by atoms with Gasteiger partial charge in [-0.2, -0.15) is 0 Å². The molecule has 0 bridgehead atoms. The first-order chi connectivity index (χ1) is 8.49. The van der Waals surface area contributed by atoms with E-state index in [2.05, 4.69) is 0 Å². The summed E-state index contributed by atoms with van der Waals surface area (Å²) in [4.78, 5) is 25.0. The first-order valence-corrected chi connectivity index (χ1v) is 6.66. The topological polar surface area (TPSA) is 66.8 Å². The monoisotopic (exact) mass is 255 g/mol. The van der Waals surface area contributed by atoms with Crippen LogP contribution in [0.4, 0.5) is 0 Å². The van der Waals surface area contributed by atoms with Crippen LogP contribution < -0.4 is 0 Å². The Balaban J connectivity index is 1.98. The van der Waals surface area contributed by atoms with Gasteiger partial charge in [0.2, 0.25) is 0 Å². The fourth-order valence-electron chi connectivity index (χ4n) is 2.95. The van der Waals surface area contributed by atoms with Crippen molar-refractivity contribution in [3.63, 3.8) is 0 Å². The molecule has 0 aliphatic carbocycles. The number of nitrogens with zero attached hydrogens (tertiary/aromatic N) is 1. The van der Waals surface area contributed by atoms with E-state index in [1.165, 1.54) is 0 Å². The number of carbonyl (C=O) groups is 2. The second kappa shape index (κ2) is 5.26. The number of likely N-dealkylation sites (tertiary alicyclic amines) is 1. The minimum absolute atomic E-state index is 0.0298. The molecule has 102 valence electrons. The third kappa shape index (κ3) is 2.66. The molecule has 2 saturated heterocycles. The first-order valence-electron chi connectivity index (χ1n) is 6.66. The van der Waals surface area contributed by atoms with Crippen LogP contribution in [0.5, 0.6) is 0 Å². The quantitative estimate of drug-likeness (QED) is 0.803. The second-order valence-corrected chi connectivity index (χ2v) is 5.54. The highest BCUT2D eigenvalue weighted by Crippen LogP contribution is 2.28. The van der Waals surface area contributed by atoms with Crippen molar-refractivity contribution in [3.8, 4) is 0 Å². The van der Waals surface area contributed by atoms with Crippen molar-refractivity contribution in [2.75, 3.05) is 13.1 Å². The molecule has 1 amide bonds. The van der Waals surface area contributed by atoms with Crippen molar-refractivity contribution >= 4 is 11.9 Å². The molecule has 4 unspecified atom stereocenters. The number of carboxylic acid groups (broad SMARTS) is 1.